The fourth-order valence-corrected chi connectivity index (χ4v) is 3.06. The first kappa shape index (κ1) is 14.9. The first-order valence-corrected chi connectivity index (χ1v) is 7.94. The van der Waals surface area contributed by atoms with Crippen molar-refractivity contribution in [3.8, 4) is 0 Å². The van der Waals surface area contributed by atoms with Gasteiger partial charge in [0.15, 0.2) is 0 Å². The summed E-state index contributed by atoms with van der Waals surface area (Å²) < 4.78 is 27.1. The predicted octanol–water partition coefficient (Wildman–Crippen LogP) is 2.56. The van der Waals surface area contributed by atoms with Gasteiger partial charge >= 0.3 is 0 Å². The van der Waals surface area contributed by atoms with Crippen LogP contribution in [0.4, 0.5) is 0 Å². The summed E-state index contributed by atoms with van der Waals surface area (Å²) >= 11 is 5.55. The van der Waals surface area contributed by atoms with Gasteiger partial charge in [-0.2, -0.15) is 0 Å². The highest BCUT2D eigenvalue weighted by Crippen LogP contribution is 2.19. The van der Waals surface area contributed by atoms with Crippen LogP contribution in [0, 0.1) is 0 Å². The number of nitrogens with zero attached hydrogens (tertiary/aromatic N) is 2. The van der Waals surface area contributed by atoms with Gasteiger partial charge in [0.1, 0.15) is 4.90 Å². The van der Waals surface area contributed by atoms with Crippen molar-refractivity contribution in [2.24, 2.45) is 0 Å². The summed E-state index contributed by atoms with van der Waals surface area (Å²) in [6, 6.07) is 9.11. The maximum absolute atomic E-state index is 12.3. The summed E-state index contributed by atoms with van der Waals surface area (Å²) in [7, 11) is -3.67. The number of sulfonamides is 1. The van der Waals surface area contributed by atoms with E-state index in [1.54, 1.807) is 0 Å². The summed E-state index contributed by atoms with van der Waals surface area (Å²) in [6.45, 7) is 1.92. The fraction of sp³-hybridized carbons (Fsp3) is 0.231. The molecule has 0 bridgehead atoms. The molecule has 0 saturated heterocycles. The molecular formula is C13H14ClN3O2S. The summed E-state index contributed by atoms with van der Waals surface area (Å²) in [5.74, 6) is 0. The SMILES string of the molecule is CCC(NS(=O)(=O)c1cnc(Cl)nc1)c1ccccc1. The molecule has 0 saturated carbocycles. The molecule has 0 aliphatic rings. The van der Waals surface area contributed by atoms with Crippen LogP contribution in [0.1, 0.15) is 24.9 Å². The van der Waals surface area contributed by atoms with Crippen LogP contribution in [-0.2, 0) is 10.0 Å². The molecule has 106 valence electrons. The molecule has 0 fully saturated rings. The van der Waals surface area contributed by atoms with Crippen molar-refractivity contribution in [2.45, 2.75) is 24.3 Å². The van der Waals surface area contributed by atoms with Gasteiger partial charge in [-0.15, -0.1) is 0 Å². The Kier molecular flexibility index (Phi) is 4.69. The van der Waals surface area contributed by atoms with E-state index in [0.717, 1.165) is 5.56 Å². The highest BCUT2D eigenvalue weighted by molar-refractivity contribution is 7.89. The molecule has 0 radical (unpaired) electrons. The van der Waals surface area contributed by atoms with Gasteiger partial charge in [0.25, 0.3) is 0 Å². The predicted molar refractivity (Wildman–Crippen MR) is 76.8 cm³/mol. The molecule has 2 aromatic rings. The average molecular weight is 312 g/mol. The molecule has 1 unspecified atom stereocenters. The minimum absolute atomic E-state index is 0.00344. The number of nitrogens with one attached hydrogen (secondary N) is 1. The normalized spacial score (nSPS) is 13.1. The van der Waals surface area contributed by atoms with E-state index in [-0.39, 0.29) is 16.2 Å². The van der Waals surface area contributed by atoms with Crippen molar-refractivity contribution >= 4 is 21.6 Å². The lowest BCUT2D eigenvalue weighted by molar-refractivity contribution is 0.549. The zero-order valence-corrected chi connectivity index (χ0v) is 12.4. The Morgan fingerprint density at radius 2 is 1.80 bits per heavy atom. The standard InChI is InChI=1S/C13H14ClN3O2S/c1-2-12(10-6-4-3-5-7-10)17-20(18,19)11-8-15-13(14)16-9-11/h3-9,12,17H,2H2,1H3. The second kappa shape index (κ2) is 6.30. The molecule has 1 N–H and O–H groups in total. The van der Waals surface area contributed by atoms with Crippen LogP contribution >= 0.6 is 11.6 Å². The zero-order chi connectivity index (χ0) is 14.6. The van der Waals surface area contributed by atoms with Crippen molar-refractivity contribution in [3.63, 3.8) is 0 Å². The van der Waals surface area contributed by atoms with E-state index >= 15 is 0 Å². The summed E-state index contributed by atoms with van der Waals surface area (Å²) in [5, 5.41) is 0.0130. The number of hydrogen-bond donors (Lipinski definition) is 1. The molecule has 0 aliphatic carbocycles. The Labute approximate surface area is 123 Å². The van der Waals surface area contributed by atoms with Crippen LogP contribution in [0.15, 0.2) is 47.6 Å². The molecule has 1 aromatic carbocycles. The van der Waals surface area contributed by atoms with E-state index in [2.05, 4.69) is 14.7 Å². The van der Waals surface area contributed by atoms with Crippen LogP contribution in [0.3, 0.4) is 0 Å². The van der Waals surface area contributed by atoms with Gasteiger partial charge in [-0.3, -0.25) is 0 Å². The lowest BCUT2D eigenvalue weighted by Crippen LogP contribution is -2.28. The number of halogens is 1. The highest BCUT2D eigenvalue weighted by atomic mass is 35.5. The third kappa shape index (κ3) is 3.53. The second-order valence-corrected chi connectivity index (χ2v) is 6.23. The zero-order valence-electron chi connectivity index (χ0n) is 10.8. The average Bonchev–Trinajstić information content (AvgIpc) is 2.46. The van der Waals surface area contributed by atoms with E-state index in [4.69, 9.17) is 11.6 Å². The Balaban J connectivity index is 2.24. The monoisotopic (exact) mass is 311 g/mol. The smallest absolute Gasteiger partial charge is 0.225 e. The van der Waals surface area contributed by atoms with Crippen LogP contribution in [0.25, 0.3) is 0 Å². The molecule has 0 aliphatic heterocycles. The maximum atomic E-state index is 12.3. The fourth-order valence-electron chi connectivity index (χ4n) is 1.77. The van der Waals surface area contributed by atoms with E-state index < -0.39 is 10.0 Å². The first-order valence-electron chi connectivity index (χ1n) is 6.07. The third-order valence-electron chi connectivity index (χ3n) is 2.81. The molecular weight excluding hydrogens is 298 g/mol. The number of benzene rings is 1. The largest absolute Gasteiger partial charge is 0.244 e. The quantitative estimate of drug-likeness (QED) is 0.861. The summed E-state index contributed by atoms with van der Waals surface area (Å²) in [6.07, 6.45) is 3.02. The van der Waals surface area contributed by atoms with Crippen LogP contribution in [0.2, 0.25) is 5.28 Å². The Bertz CT molecular complexity index is 660. The summed E-state index contributed by atoms with van der Waals surface area (Å²) in [4.78, 5) is 7.37. The molecule has 2 rings (SSSR count). The van der Waals surface area contributed by atoms with Gasteiger partial charge in [0, 0.05) is 6.04 Å². The molecule has 0 amide bonds. The molecule has 1 heterocycles. The minimum atomic E-state index is -3.67. The van der Waals surface area contributed by atoms with Gasteiger partial charge < -0.3 is 0 Å². The van der Waals surface area contributed by atoms with Crippen molar-refractivity contribution < 1.29 is 8.42 Å². The van der Waals surface area contributed by atoms with Crippen LogP contribution < -0.4 is 4.72 Å². The van der Waals surface area contributed by atoms with E-state index in [1.807, 2.05) is 37.3 Å². The van der Waals surface area contributed by atoms with Crippen molar-refractivity contribution in [2.75, 3.05) is 0 Å². The van der Waals surface area contributed by atoms with Crippen molar-refractivity contribution in [3.05, 3.63) is 53.6 Å². The summed E-state index contributed by atoms with van der Waals surface area (Å²) in [5.41, 5.74) is 0.911. The third-order valence-corrected chi connectivity index (χ3v) is 4.44. The highest BCUT2D eigenvalue weighted by Gasteiger charge is 2.20. The molecule has 5 nitrogen and oxygen atoms in total. The van der Waals surface area contributed by atoms with Gasteiger partial charge in [-0.1, -0.05) is 37.3 Å². The molecule has 1 aromatic heterocycles. The lowest BCUT2D eigenvalue weighted by atomic mass is 10.1. The molecule has 0 spiro atoms. The molecule has 1 atom stereocenters. The lowest BCUT2D eigenvalue weighted by Gasteiger charge is -2.17. The van der Waals surface area contributed by atoms with Crippen LogP contribution in [0.5, 0.6) is 0 Å². The Morgan fingerprint density at radius 1 is 1.20 bits per heavy atom. The van der Waals surface area contributed by atoms with Gasteiger partial charge in [0.05, 0.1) is 12.4 Å². The Hall–Kier alpha value is -1.50. The second-order valence-electron chi connectivity index (χ2n) is 4.18. The van der Waals surface area contributed by atoms with Gasteiger partial charge in [-0.25, -0.2) is 23.1 Å². The topological polar surface area (TPSA) is 72.0 Å². The van der Waals surface area contributed by atoms with Gasteiger partial charge in [-0.05, 0) is 23.6 Å². The molecule has 7 heteroatoms. The molecule has 20 heavy (non-hydrogen) atoms. The number of aromatic nitrogens is 2. The van der Waals surface area contributed by atoms with E-state index in [9.17, 15) is 8.42 Å². The first-order chi connectivity index (χ1) is 9.53. The number of rotatable bonds is 5. The van der Waals surface area contributed by atoms with Gasteiger partial charge in [0.2, 0.25) is 15.3 Å². The van der Waals surface area contributed by atoms with E-state index in [1.165, 1.54) is 12.4 Å². The Morgan fingerprint density at radius 3 is 2.35 bits per heavy atom. The minimum Gasteiger partial charge on any atom is -0.225 e. The van der Waals surface area contributed by atoms with E-state index in [0.29, 0.717) is 6.42 Å². The van der Waals surface area contributed by atoms with Crippen LogP contribution in [-0.4, -0.2) is 18.4 Å². The van der Waals surface area contributed by atoms with Crippen molar-refractivity contribution in [1.82, 2.24) is 14.7 Å². The van der Waals surface area contributed by atoms with Crippen molar-refractivity contribution in [1.29, 1.82) is 0 Å². The number of hydrogen-bond acceptors (Lipinski definition) is 4. The maximum Gasteiger partial charge on any atom is 0.244 e.